The van der Waals surface area contributed by atoms with Crippen LogP contribution < -0.4 is 5.73 Å². The lowest BCUT2D eigenvalue weighted by Gasteiger charge is -2.37. The Kier molecular flexibility index (Phi) is 2.69. The van der Waals surface area contributed by atoms with E-state index in [1.54, 1.807) is 0 Å². The monoisotopic (exact) mass is 250 g/mol. The predicted molar refractivity (Wildman–Crippen MR) is 71.5 cm³/mol. The van der Waals surface area contributed by atoms with Crippen LogP contribution in [0, 0.1) is 0 Å². The molecule has 0 radical (unpaired) electrons. The molecule has 1 aliphatic heterocycles. The third kappa shape index (κ3) is 2.35. The number of nitrogens with zero attached hydrogens (tertiary/aromatic N) is 1. The summed E-state index contributed by atoms with van der Waals surface area (Å²) in [4.78, 5) is 2.31. The second kappa shape index (κ2) is 3.98. The molecule has 0 unspecified atom stereocenters. The van der Waals surface area contributed by atoms with Gasteiger partial charge in [0.2, 0.25) is 0 Å². The summed E-state index contributed by atoms with van der Waals surface area (Å²) in [6, 6.07) is 6.51. The molecule has 3 heteroatoms. The summed E-state index contributed by atoms with van der Waals surface area (Å²) in [6.45, 7) is 2.25. The van der Waals surface area contributed by atoms with E-state index >= 15 is 0 Å². The lowest BCUT2D eigenvalue weighted by molar-refractivity contribution is 0.190. The van der Waals surface area contributed by atoms with Crippen molar-refractivity contribution in [3.05, 3.63) is 34.3 Å². The molecule has 1 aromatic rings. The number of likely N-dealkylation sites (N-methyl/N-ethyl adjacent to an activating group) is 1. The van der Waals surface area contributed by atoms with Crippen molar-refractivity contribution in [3.63, 3.8) is 0 Å². The quantitative estimate of drug-likeness (QED) is 0.893. The van der Waals surface area contributed by atoms with Crippen LogP contribution >= 0.6 is 11.6 Å². The number of halogens is 1. The molecular formula is C14H19ClN2. The van der Waals surface area contributed by atoms with Gasteiger partial charge in [0.1, 0.15) is 0 Å². The van der Waals surface area contributed by atoms with Crippen LogP contribution in [0.4, 0.5) is 0 Å². The normalized spacial score (nSPS) is 23.5. The third-order valence-electron chi connectivity index (χ3n) is 4.02. The Hall–Kier alpha value is -0.570. The molecule has 2 nitrogen and oxygen atoms in total. The lowest BCUT2D eigenvalue weighted by atomic mass is 9.90. The molecule has 1 aromatic carbocycles. The van der Waals surface area contributed by atoms with Gasteiger partial charge in [-0.05, 0) is 43.5 Å². The average Bonchev–Trinajstić information content (AvgIpc) is 2.92. The highest BCUT2D eigenvalue weighted by molar-refractivity contribution is 6.31. The van der Waals surface area contributed by atoms with Gasteiger partial charge in [0, 0.05) is 29.6 Å². The van der Waals surface area contributed by atoms with E-state index < -0.39 is 0 Å². The first-order chi connectivity index (χ1) is 8.06. The van der Waals surface area contributed by atoms with Crippen molar-refractivity contribution >= 4 is 11.6 Å². The van der Waals surface area contributed by atoms with Gasteiger partial charge in [-0.3, -0.25) is 0 Å². The number of benzene rings is 1. The molecule has 1 heterocycles. The zero-order chi connectivity index (χ0) is 12.0. The summed E-state index contributed by atoms with van der Waals surface area (Å²) in [7, 11) is 2.14. The Morgan fingerprint density at radius 2 is 2.12 bits per heavy atom. The van der Waals surface area contributed by atoms with E-state index in [2.05, 4.69) is 30.1 Å². The van der Waals surface area contributed by atoms with Crippen LogP contribution in [0.3, 0.4) is 0 Å². The van der Waals surface area contributed by atoms with Gasteiger partial charge in [0.25, 0.3) is 0 Å². The molecular weight excluding hydrogens is 232 g/mol. The number of rotatable bonds is 3. The van der Waals surface area contributed by atoms with Gasteiger partial charge in [0.05, 0.1) is 0 Å². The molecule has 0 spiro atoms. The Labute approximate surface area is 108 Å². The van der Waals surface area contributed by atoms with Crippen molar-refractivity contribution in [2.75, 3.05) is 20.1 Å². The smallest absolute Gasteiger partial charge is 0.0444 e. The van der Waals surface area contributed by atoms with Crippen molar-refractivity contribution < 1.29 is 0 Å². The maximum Gasteiger partial charge on any atom is 0.0444 e. The molecule has 0 aromatic heterocycles. The Morgan fingerprint density at radius 1 is 1.41 bits per heavy atom. The topological polar surface area (TPSA) is 29.3 Å². The third-order valence-corrected chi connectivity index (χ3v) is 4.34. The summed E-state index contributed by atoms with van der Waals surface area (Å²) >= 11 is 6.37. The van der Waals surface area contributed by atoms with Crippen LogP contribution in [0.15, 0.2) is 18.2 Å². The predicted octanol–water partition coefficient (Wildman–Crippen LogP) is 2.40. The van der Waals surface area contributed by atoms with E-state index in [0.29, 0.717) is 5.92 Å². The van der Waals surface area contributed by atoms with Gasteiger partial charge in [-0.25, -0.2) is 0 Å². The second-order valence-electron chi connectivity index (χ2n) is 5.81. The van der Waals surface area contributed by atoms with Gasteiger partial charge in [-0.15, -0.1) is 0 Å². The largest absolute Gasteiger partial charge is 0.325 e. The number of hydrogen-bond acceptors (Lipinski definition) is 2. The van der Waals surface area contributed by atoms with Crippen LogP contribution in [0.2, 0.25) is 5.02 Å². The fraction of sp³-hybridized carbons (Fsp3) is 0.571. The molecule has 1 aliphatic carbocycles. The first kappa shape index (κ1) is 11.5. The van der Waals surface area contributed by atoms with E-state index in [0.717, 1.165) is 37.4 Å². The summed E-state index contributed by atoms with van der Waals surface area (Å²) < 4.78 is 0. The van der Waals surface area contributed by atoms with Crippen LogP contribution in [0.5, 0.6) is 0 Å². The van der Waals surface area contributed by atoms with E-state index in [1.807, 2.05) is 0 Å². The van der Waals surface area contributed by atoms with Crippen molar-refractivity contribution in [1.82, 2.24) is 4.90 Å². The number of nitrogens with two attached hydrogens (primary N) is 1. The minimum Gasteiger partial charge on any atom is -0.325 e. The summed E-state index contributed by atoms with van der Waals surface area (Å²) in [5.74, 6) is 0.620. The molecule has 2 fully saturated rings. The molecule has 92 valence electrons. The average molecular weight is 251 g/mol. The van der Waals surface area contributed by atoms with E-state index in [-0.39, 0.29) is 5.54 Å². The molecule has 0 bridgehead atoms. The summed E-state index contributed by atoms with van der Waals surface area (Å²) in [5, 5.41) is 0.921. The van der Waals surface area contributed by atoms with Crippen LogP contribution in [0.1, 0.15) is 29.9 Å². The van der Waals surface area contributed by atoms with Crippen LogP contribution in [-0.4, -0.2) is 30.6 Å². The van der Waals surface area contributed by atoms with Gasteiger partial charge in [-0.2, -0.15) is 0 Å². The number of hydrogen-bond donors (Lipinski definition) is 1. The van der Waals surface area contributed by atoms with Crippen molar-refractivity contribution in [2.24, 2.45) is 5.73 Å². The van der Waals surface area contributed by atoms with Gasteiger partial charge in [-0.1, -0.05) is 23.7 Å². The highest BCUT2D eigenvalue weighted by atomic mass is 35.5. The number of likely N-dealkylation sites (tertiary alicyclic amines) is 1. The van der Waals surface area contributed by atoms with Crippen molar-refractivity contribution in [3.8, 4) is 0 Å². The molecule has 0 atom stereocenters. The Morgan fingerprint density at radius 3 is 2.65 bits per heavy atom. The minimum absolute atomic E-state index is 0.0710. The zero-order valence-electron chi connectivity index (χ0n) is 10.2. The fourth-order valence-corrected chi connectivity index (χ4v) is 3.01. The standard InChI is InChI=1S/C14H19ClN2/c1-17-8-11(9-17)12-3-2-10(6-13(12)15)7-14(16)4-5-14/h2-3,6,11H,4-5,7-9,16H2,1H3. The maximum atomic E-state index is 6.37. The van der Waals surface area contributed by atoms with Crippen molar-refractivity contribution in [2.45, 2.75) is 30.7 Å². The first-order valence-electron chi connectivity index (χ1n) is 6.31. The van der Waals surface area contributed by atoms with Gasteiger partial charge < -0.3 is 10.6 Å². The first-order valence-corrected chi connectivity index (χ1v) is 6.69. The lowest BCUT2D eigenvalue weighted by Crippen LogP contribution is -2.41. The minimum atomic E-state index is 0.0710. The molecule has 3 rings (SSSR count). The zero-order valence-corrected chi connectivity index (χ0v) is 11.0. The highest BCUT2D eigenvalue weighted by Crippen LogP contribution is 2.37. The second-order valence-corrected chi connectivity index (χ2v) is 6.22. The van der Waals surface area contributed by atoms with Gasteiger partial charge in [0.15, 0.2) is 0 Å². The fourth-order valence-electron chi connectivity index (χ4n) is 2.65. The van der Waals surface area contributed by atoms with Crippen molar-refractivity contribution in [1.29, 1.82) is 0 Å². The Balaban J connectivity index is 1.74. The summed E-state index contributed by atoms with van der Waals surface area (Å²) in [6.07, 6.45) is 3.27. The summed E-state index contributed by atoms with van der Waals surface area (Å²) in [5.41, 5.74) is 8.79. The van der Waals surface area contributed by atoms with Crippen LogP contribution in [-0.2, 0) is 6.42 Å². The molecule has 0 amide bonds. The molecule has 1 saturated heterocycles. The Bertz CT molecular complexity index is 434. The van der Waals surface area contributed by atoms with E-state index in [4.69, 9.17) is 17.3 Å². The SMILES string of the molecule is CN1CC(c2ccc(CC3(N)CC3)cc2Cl)C1. The van der Waals surface area contributed by atoms with E-state index in [1.165, 1.54) is 11.1 Å². The molecule has 2 N–H and O–H groups in total. The van der Waals surface area contributed by atoms with Crippen LogP contribution in [0.25, 0.3) is 0 Å². The highest BCUT2D eigenvalue weighted by Gasteiger charge is 2.38. The van der Waals surface area contributed by atoms with E-state index in [9.17, 15) is 0 Å². The molecule has 17 heavy (non-hydrogen) atoms. The molecule has 1 saturated carbocycles. The molecule has 2 aliphatic rings. The van der Waals surface area contributed by atoms with Gasteiger partial charge >= 0.3 is 0 Å². The maximum absolute atomic E-state index is 6.37.